The summed E-state index contributed by atoms with van der Waals surface area (Å²) < 4.78 is 2.11. The van der Waals surface area contributed by atoms with E-state index in [-0.39, 0.29) is 0 Å². The van der Waals surface area contributed by atoms with E-state index in [1.807, 2.05) is 42.7 Å². The summed E-state index contributed by atoms with van der Waals surface area (Å²) in [6.07, 6.45) is 3.85. The number of hydrazone groups is 1. The second-order valence-corrected chi connectivity index (χ2v) is 3.19. The van der Waals surface area contributed by atoms with Gasteiger partial charge in [-0.05, 0) is 24.3 Å². The number of para-hydroxylation sites is 2. The van der Waals surface area contributed by atoms with Crippen LogP contribution in [0.4, 0.5) is 5.69 Å². The maximum absolute atomic E-state index is 4.13. The Morgan fingerprint density at radius 1 is 1.07 bits per heavy atom. The summed E-state index contributed by atoms with van der Waals surface area (Å²) in [5, 5.41) is 4.13. The molecule has 0 amide bonds. The van der Waals surface area contributed by atoms with E-state index < -0.39 is 0 Å². The van der Waals surface area contributed by atoms with Crippen LogP contribution in [0.5, 0.6) is 0 Å². The molecule has 2 heterocycles. The van der Waals surface area contributed by atoms with Crippen LogP contribution < -0.4 is 5.43 Å². The van der Waals surface area contributed by atoms with Gasteiger partial charge >= 0.3 is 0 Å². The van der Waals surface area contributed by atoms with Crippen molar-refractivity contribution in [1.29, 1.82) is 0 Å². The van der Waals surface area contributed by atoms with Gasteiger partial charge in [-0.25, -0.2) is 0 Å². The predicted molar refractivity (Wildman–Crippen MR) is 57.0 cm³/mol. The van der Waals surface area contributed by atoms with Gasteiger partial charge in [-0.1, -0.05) is 12.1 Å². The number of aromatic nitrogens is 1. The van der Waals surface area contributed by atoms with Crippen molar-refractivity contribution in [3.63, 3.8) is 0 Å². The zero-order chi connectivity index (χ0) is 9.38. The van der Waals surface area contributed by atoms with Crippen molar-refractivity contribution < 1.29 is 0 Å². The maximum atomic E-state index is 4.13. The third-order valence-electron chi connectivity index (χ3n) is 2.33. The first-order valence-corrected chi connectivity index (χ1v) is 4.51. The Labute approximate surface area is 81.7 Å². The van der Waals surface area contributed by atoms with Gasteiger partial charge in [0.25, 0.3) is 0 Å². The van der Waals surface area contributed by atoms with Gasteiger partial charge in [-0.2, -0.15) is 5.10 Å². The minimum absolute atomic E-state index is 1.03. The summed E-state index contributed by atoms with van der Waals surface area (Å²) >= 11 is 0. The molecule has 3 heteroatoms. The lowest BCUT2D eigenvalue weighted by Gasteiger charge is -2.07. The highest BCUT2D eigenvalue weighted by molar-refractivity contribution is 5.82. The molecular formula is C11H9N3. The predicted octanol–water partition coefficient (Wildman–Crippen LogP) is 2.24. The highest BCUT2D eigenvalue weighted by Gasteiger charge is 2.08. The average molecular weight is 183 g/mol. The number of rotatable bonds is 0. The normalized spacial score (nSPS) is 12.6. The van der Waals surface area contributed by atoms with Crippen LogP contribution in [0.15, 0.2) is 47.7 Å². The lowest BCUT2D eigenvalue weighted by Crippen LogP contribution is -1.96. The maximum Gasteiger partial charge on any atom is 0.0802 e. The van der Waals surface area contributed by atoms with E-state index in [0.29, 0.717) is 0 Å². The first kappa shape index (κ1) is 7.38. The number of fused-ring (bicyclic) bond motifs is 3. The molecule has 2 aromatic rings. The molecule has 14 heavy (non-hydrogen) atoms. The zero-order valence-electron chi connectivity index (χ0n) is 7.51. The Balaban J connectivity index is 2.33. The molecule has 0 spiro atoms. The molecule has 1 N–H and O–H groups in total. The van der Waals surface area contributed by atoms with Crippen LogP contribution in [0.1, 0.15) is 5.69 Å². The Bertz CT molecular complexity index is 497. The number of nitrogens with zero attached hydrogens (tertiary/aromatic N) is 2. The van der Waals surface area contributed by atoms with Gasteiger partial charge in [0.2, 0.25) is 0 Å². The van der Waals surface area contributed by atoms with E-state index >= 15 is 0 Å². The topological polar surface area (TPSA) is 29.3 Å². The van der Waals surface area contributed by atoms with Gasteiger partial charge in [0, 0.05) is 6.20 Å². The van der Waals surface area contributed by atoms with Crippen LogP contribution in [-0.2, 0) is 0 Å². The number of hydrogen-bond acceptors (Lipinski definition) is 2. The Hall–Kier alpha value is -2.03. The molecule has 0 fully saturated rings. The largest absolute Gasteiger partial charge is 0.313 e. The molecule has 0 radical (unpaired) electrons. The second kappa shape index (κ2) is 2.73. The zero-order valence-corrected chi connectivity index (χ0v) is 7.51. The smallest absolute Gasteiger partial charge is 0.0802 e. The number of hydrogen-bond donors (Lipinski definition) is 1. The lowest BCUT2D eigenvalue weighted by molar-refractivity contribution is 1.08. The Kier molecular flexibility index (Phi) is 1.44. The molecule has 1 aliphatic heterocycles. The standard InChI is InChI=1S/C11H9N3/c1-2-6-11-10(5-1)13-12-8-9-4-3-7-14(9)11/h1-8,13H. The van der Waals surface area contributed by atoms with Gasteiger partial charge < -0.3 is 4.57 Å². The number of anilines is 1. The summed E-state index contributed by atoms with van der Waals surface area (Å²) in [5.74, 6) is 0. The summed E-state index contributed by atoms with van der Waals surface area (Å²) in [4.78, 5) is 0. The van der Waals surface area contributed by atoms with Crippen molar-refractivity contribution in [2.45, 2.75) is 0 Å². The van der Waals surface area contributed by atoms with Crippen molar-refractivity contribution in [1.82, 2.24) is 4.57 Å². The minimum atomic E-state index is 1.03. The van der Waals surface area contributed by atoms with Crippen LogP contribution >= 0.6 is 0 Å². The third-order valence-corrected chi connectivity index (χ3v) is 2.33. The van der Waals surface area contributed by atoms with Gasteiger partial charge in [0.1, 0.15) is 0 Å². The lowest BCUT2D eigenvalue weighted by atomic mass is 10.2. The van der Waals surface area contributed by atoms with Gasteiger partial charge in [-0.15, -0.1) is 0 Å². The molecular weight excluding hydrogens is 174 g/mol. The van der Waals surface area contributed by atoms with Gasteiger partial charge in [-0.3, -0.25) is 5.43 Å². The minimum Gasteiger partial charge on any atom is -0.313 e. The number of nitrogens with one attached hydrogen (secondary N) is 1. The highest BCUT2D eigenvalue weighted by atomic mass is 15.3. The Morgan fingerprint density at radius 2 is 2.00 bits per heavy atom. The van der Waals surface area contributed by atoms with Crippen molar-refractivity contribution in [2.75, 3.05) is 5.43 Å². The SMILES string of the molecule is C1=NNc2ccccc2-n2cccc21. The van der Waals surface area contributed by atoms with Crippen molar-refractivity contribution >= 4 is 11.9 Å². The molecule has 0 saturated heterocycles. The summed E-state index contributed by atoms with van der Waals surface area (Å²) in [7, 11) is 0. The van der Waals surface area contributed by atoms with Crippen LogP contribution in [0.3, 0.4) is 0 Å². The molecule has 0 saturated carbocycles. The third kappa shape index (κ3) is 0.956. The summed E-state index contributed by atoms with van der Waals surface area (Å²) in [5.41, 5.74) is 6.25. The van der Waals surface area contributed by atoms with E-state index in [4.69, 9.17) is 0 Å². The highest BCUT2D eigenvalue weighted by Crippen LogP contribution is 2.23. The fourth-order valence-electron chi connectivity index (χ4n) is 1.66. The molecule has 0 aliphatic carbocycles. The molecule has 0 atom stereocenters. The molecule has 3 rings (SSSR count). The van der Waals surface area contributed by atoms with Crippen LogP contribution in [0.25, 0.3) is 5.69 Å². The molecule has 3 nitrogen and oxygen atoms in total. The van der Waals surface area contributed by atoms with E-state index in [9.17, 15) is 0 Å². The van der Waals surface area contributed by atoms with Crippen LogP contribution in [0, 0.1) is 0 Å². The summed E-state index contributed by atoms with van der Waals surface area (Å²) in [6.45, 7) is 0. The molecule has 68 valence electrons. The monoisotopic (exact) mass is 183 g/mol. The summed E-state index contributed by atoms with van der Waals surface area (Å²) in [6, 6.07) is 12.2. The number of benzene rings is 1. The van der Waals surface area contributed by atoms with E-state index in [2.05, 4.69) is 21.2 Å². The van der Waals surface area contributed by atoms with Gasteiger partial charge in [0.05, 0.1) is 23.3 Å². The van der Waals surface area contributed by atoms with Crippen LogP contribution in [-0.4, -0.2) is 10.8 Å². The van der Waals surface area contributed by atoms with Crippen molar-refractivity contribution in [3.05, 3.63) is 48.3 Å². The average Bonchev–Trinajstić information content (AvgIpc) is 2.61. The van der Waals surface area contributed by atoms with E-state index in [1.165, 1.54) is 0 Å². The first-order chi connectivity index (χ1) is 6.95. The first-order valence-electron chi connectivity index (χ1n) is 4.51. The van der Waals surface area contributed by atoms with Crippen LogP contribution in [0.2, 0.25) is 0 Å². The van der Waals surface area contributed by atoms with E-state index in [1.54, 1.807) is 0 Å². The molecule has 1 aliphatic rings. The molecule has 0 unspecified atom stereocenters. The quantitative estimate of drug-likeness (QED) is 0.666. The molecule has 1 aromatic carbocycles. The second-order valence-electron chi connectivity index (χ2n) is 3.19. The van der Waals surface area contributed by atoms with Crippen molar-refractivity contribution in [2.24, 2.45) is 5.10 Å². The molecule has 0 bridgehead atoms. The van der Waals surface area contributed by atoms with Crippen molar-refractivity contribution in [3.8, 4) is 5.69 Å². The Morgan fingerprint density at radius 3 is 3.00 bits per heavy atom. The van der Waals surface area contributed by atoms with E-state index in [0.717, 1.165) is 17.1 Å². The molecule has 1 aromatic heterocycles. The fraction of sp³-hybridized carbons (Fsp3) is 0. The fourth-order valence-corrected chi connectivity index (χ4v) is 1.66. The van der Waals surface area contributed by atoms with Gasteiger partial charge in [0.15, 0.2) is 0 Å².